The maximum absolute atomic E-state index is 13.2. The number of nitriles is 1. The second-order valence-electron chi connectivity index (χ2n) is 7.98. The first-order chi connectivity index (χ1) is 15.2. The van der Waals surface area contributed by atoms with Crippen molar-refractivity contribution in [3.05, 3.63) is 59.7 Å². The van der Waals surface area contributed by atoms with E-state index in [9.17, 15) is 10.1 Å². The van der Waals surface area contributed by atoms with E-state index in [1.54, 1.807) is 7.11 Å². The molecule has 0 fully saturated rings. The van der Waals surface area contributed by atoms with Gasteiger partial charge in [0.05, 0.1) is 29.1 Å². The molecular formula is C25H20N4O2. The van der Waals surface area contributed by atoms with Crippen LogP contribution >= 0.6 is 0 Å². The van der Waals surface area contributed by atoms with Crippen LogP contribution in [-0.2, 0) is 18.3 Å². The van der Waals surface area contributed by atoms with E-state index < -0.39 is 6.23 Å². The molecule has 1 atom stereocenters. The molecule has 6 heteroatoms. The van der Waals surface area contributed by atoms with Crippen LogP contribution in [0.15, 0.2) is 48.5 Å². The number of carbonyl (C=O) groups is 1. The zero-order valence-corrected chi connectivity index (χ0v) is 17.3. The summed E-state index contributed by atoms with van der Waals surface area (Å²) in [6.45, 7) is 0.578. The number of aryl methyl sites for hydroxylation is 2. The summed E-state index contributed by atoms with van der Waals surface area (Å²) < 4.78 is 10.1. The molecule has 0 saturated heterocycles. The Balaban J connectivity index is 1.98. The summed E-state index contributed by atoms with van der Waals surface area (Å²) in [4.78, 5) is 13.2. The van der Waals surface area contributed by atoms with Crippen molar-refractivity contribution < 1.29 is 9.53 Å². The third kappa shape index (κ3) is 2.16. The number of aromatic nitrogens is 2. The maximum Gasteiger partial charge on any atom is 0.254 e. The van der Waals surface area contributed by atoms with Crippen LogP contribution in [0.3, 0.4) is 0 Å². The predicted octanol–water partition coefficient (Wildman–Crippen LogP) is 4.74. The number of nitrogens with zero attached hydrogens (tertiary/aromatic N) is 3. The van der Waals surface area contributed by atoms with Crippen molar-refractivity contribution in [1.82, 2.24) is 14.5 Å². The molecule has 1 N–H and O–H groups in total. The lowest BCUT2D eigenvalue weighted by molar-refractivity contribution is 0.0671. The molecule has 0 aliphatic carbocycles. The van der Waals surface area contributed by atoms with Gasteiger partial charge in [0.1, 0.15) is 0 Å². The van der Waals surface area contributed by atoms with Crippen molar-refractivity contribution in [1.29, 1.82) is 5.26 Å². The number of para-hydroxylation sites is 2. The molecule has 152 valence electrons. The van der Waals surface area contributed by atoms with E-state index in [0.29, 0.717) is 18.5 Å². The van der Waals surface area contributed by atoms with Crippen LogP contribution in [0, 0.1) is 11.3 Å². The highest BCUT2D eigenvalue weighted by atomic mass is 16.5. The van der Waals surface area contributed by atoms with Gasteiger partial charge in [0.25, 0.3) is 5.91 Å². The molecule has 0 saturated carbocycles. The number of benzene rings is 3. The molecule has 1 aliphatic heterocycles. The summed E-state index contributed by atoms with van der Waals surface area (Å²) in [5.74, 6) is -0.112. The van der Waals surface area contributed by atoms with Gasteiger partial charge in [0.15, 0.2) is 6.23 Å². The van der Waals surface area contributed by atoms with Crippen molar-refractivity contribution in [2.75, 3.05) is 7.11 Å². The predicted molar refractivity (Wildman–Crippen MR) is 121 cm³/mol. The molecular weight excluding hydrogens is 388 g/mol. The third-order valence-electron chi connectivity index (χ3n) is 6.53. The van der Waals surface area contributed by atoms with Crippen LogP contribution in [-0.4, -0.2) is 22.2 Å². The highest BCUT2D eigenvalue weighted by Crippen LogP contribution is 2.47. The second kappa shape index (κ2) is 6.34. The van der Waals surface area contributed by atoms with Gasteiger partial charge >= 0.3 is 0 Å². The summed E-state index contributed by atoms with van der Waals surface area (Å²) in [6, 6.07) is 18.7. The molecule has 0 spiro atoms. The number of ether oxygens (including phenoxy) is 1. The van der Waals surface area contributed by atoms with Gasteiger partial charge < -0.3 is 19.2 Å². The van der Waals surface area contributed by atoms with Crippen LogP contribution in [0.1, 0.15) is 28.6 Å². The van der Waals surface area contributed by atoms with E-state index >= 15 is 0 Å². The number of nitrogens with one attached hydrogen (secondary N) is 1. The van der Waals surface area contributed by atoms with E-state index in [1.165, 1.54) is 0 Å². The minimum absolute atomic E-state index is 0.112. The molecule has 3 aromatic carbocycles. The third-order valence-corrected chi connectivity index (χ3v) is 6.53. The molecule has 3 heterocycles. The Bertz CT molecular complexity index is 1600. The Morgan fingerprint density at radius 2 is 1.71 bits per heavy atom. The maximum atomic E-state index is 13.2. The molecule has 1 unspecified atom stereocenters. The number of rotatable bonds is 3. The molecule has 0 bridgehead atoms. The topological polar surface area (TPSA) is 72.0 Å². The van der Waals surface area contributed by atoms with Gasteiger partial charge in [-0.05, 0) is 12.1 Å². The normalized spacial score (nSPS) is 15.8. The summed E-state index contributed by atoms with van der Waals surface area (Å²) >= 11 is 0. The Morgan fingerprint density at radius 1 is 1.03 bits per heavy atom. The standard InChI is InChI=1S/C25H20N4O2/c1-28-16-10-5-3-8-14(16)18-20-21(25(31-2)27-24(20)30)19-15-9-4-6-11-17(15)29(13-7-12-26)23(19)22(18)28/h3-6,8-11,25H,7,13H2,1-2H3,(H,27,30). The van der Waals surface area contributed by atoms with Crippen molar-refractivity contribution in [2.24, 2.45) is 7.05 Å². The number of hydrogen-bond donors (Lipinski definition) is 1. The van der Waals surface area contributed by atoms with Gasteiger partial charge in [0, 0.05) is 58.8 Å². The lowest BCUT2D eigenvalue weighted by Crippen LogP contribution is -2.20. The molecule has 0 radical (unpaired) electrons. The van der Waals surface area contributed by atoms with Gasteiger partial charge in [-0.15, -0.1) is 0 Å². The molecule has 5 aromatic rings. The molecule has 1 amide bonds. The zero-order valence-electron chi connectivity index (χ0n) is 17.3. The summed E-state index contributed by atoms with van der Waals surface area (Å²) in [6.07, 6.45) is -0.107. The van der Waals surface area contributed by atoms with Crippen LogP contribution in [0.5, 0.6) is 0 Å². The first-order valence-corrected chi connectivity index (χ1v) is 10.3. The fourth-order valence-electron chi connectivity index (χ4n) is 5.34. The van der Waals surface area contributed by atoms with Gasteiger partial charge in [-0.3, -0.25) is 4.79 Å². The Labute approximate surface area is 178 Å². The molecule has 1 aliphatic rings. The van der Waals surface area contributed by atoms with Crippen molar-refractivity contribution in [2.45, 2.75) is 19.2 Å². The van der Waals surface area contributed by atoms with E-state index in [2.05, 4.69) is 44.8 Å². The van der Waals surface area contributed by atoms with Gasteiger partial charge in [-0.1, -0.05) is 36.4 Å². The van der Waals surface area contributed by atoms with E-state index in [-0.39, 0.29) is 5.91 Å². The SMILES string of the molecule is COC1NC(=O)c2c1c1c3ccccc3n(CCC#N)c1c1c2c2ccccc2n1C. The summed E-state index contributed by atoms with van der Waals surface area (Å²) in [7, 11) is 3.66. The lowest BCUT2D eigenvalue weighted by atomic mass is 9.96. The Kier molecular flexibility index (Phi) is 3.68. The molecule has 31 heavy (non-hydrogen) atoms. The zero-order chi connectivity index (χ0) is 21.3. The average Bonchev–Trinajstić information content (AvgIpc) is 3.40. The number of hydrogen-bond acceptors (Lipinski definition) is 3. The van der Waals surface area contributed by atoms with Gasteiger partial charge in [-0.25, -0.2) is 0 Å². The quantitative estimate of drug-likeness (QED) is 0.469. The van der Waals surface area contributed by atoms with E-state index in [4.69, 9.17) is 4.74 Å². The van der Waals surface area contributed by atoms with Crippen LogP contribution in [0.2, 0.25) is 0 Å². The van der Waals surface area contributed by atoms with E-state index in [1.807, 2.05) is 31.3 Å². The number of methoxy groups -OCH3 is 1. The fraction of sp³-hybridized carbons (Fsp3) is 0.200. The van der Waals surface area contributed by atoms with Crippen LogP contribution in [0.4, 0.5) is 0 Å². The number of fused-ring (bicyclic) bond motifs is 10. The first-order valence-electron chi connectivity index (χ1n) is 10.3. The largest absolute Gasteiger partial charge is 0.357 e. The van der Waals surface area contributed by atoms with Crippen molar-refractivity contribution in [3.8, 4) is 6.07 Å². The molecule has 6 rings (SSSR count). The number of amides is 1. The first kappa shape index (κ1) is 18.0. The molecule has 2 aromatic heterocycles. The Morgan fingerprint density at radius 3 is 2.42 bits per heavy atom. The Hall–Kier alpha value is -3.82. The van der Waals surface area contributed by atoms with E-state index in [0.717, 1.165) is 49.2 Å². The smallest absolute Gasteiger partial charge is 0.254 e. The molecule has 6 nitrogen and oxygen atoms in total. The number of carbonyl (C=O) groups excluding carboxylic acids is 1. The van der Waals surface area contributed by atoms with Gasteiger partial charge in [0.2, 0.25) is 0 Å². The average molecular weight is 408 g/mol. The highest BCUT2D eigenvalue weighted by Gasteiger charge is 2.37. The van der Waals surface area contributed by atoms with Crippen LogP contribution in [0.25, 0.3) is 43.6 Å². The van der Waals surface area contributed by atoms with Gasteiger partial charge in [-0.2, -0.15) is 5.26 Å². The fourth-order valence-corrected chi connectivity index (χ4v) is 5.34. The minimum Gasteiger partial charge on any atom is -0.357 e. The summed E-state index contributed by atoms with van der Waals surface area (Å²) in [5.41, 5.74) is 5.76. The minimum atomic E-state index is -0.511. The van der Waals surface area contributed by atoms with Crippen LogP contribution < -0.4 is 5.32 Å². The highest BCUT2D eigenvalue weighted by molar-refractivity contribution is 6.30. The summed E-state index contributed by atoms with van der Waals surface area (Å²) in [5, 5.41) is 16.4. The lowest BCUT2D eigenvalue weighted by Gasteiger charge is -2.13. The van der Waals surface area contributed by atoms with Crippen molar-refractivity contribution in [3.63, 3.8) is 0 Å². The monoisotopic (exact) mass is 408 g/mol. The van der Waals surface area contributed by atoms with Crippen molar-refractivity contribution >= 4 is 49.5 Å². The second-order valence-corrected chi connectivity index (χ2v) is 7.98.